The molecule has 1 atom stereocenters. The molecule has 1 aromatic carbocycles. The minimum Gasteiger partial charge on any atom is -0.393 e. The third-order valence-corrected chi connectivity index (χ3v) is 4.15. The Morgan fingerprint density at radius 1 is 1.30 bits per heavy atom. The monoisotopic (exact) mass is 290 g/mol. The van der Waals surface area contributed by atoms with Gasteiger partial charge in [-0.3, -0.25) is 0 Å². The van der Waals surface area contributed by atoms with E-state index in [1.807, 2.05) is 6.92 Å². The highest BCUT2D eigenvalue weighted by molar-refractivity contribution is 7.13. The molecule has 108 valence electrons. The number of aliphatic hydroxyl groups is 1. The molecule has 0 spiro atoms. The molecule has 0 amide bonds. The summed E-state index contributed by atoms with van der Waals surface area (Å²) in [7, 11) is 2.06. The summed E-state index contributed by atoms with van der Waals surface area (Å²) in [5.41, 5.74) is 3.54. The third-order valence-electron chi connectivity index (χ3n) is 3.21. The number of benzene rings is 1. The standard InChI is InChI=1S/C16H22N2OS/c1-12-4-6-14(7-5-12)16-17-15(11-20-16)10-18(3)9-8-13(2)19/h4-7,11,13,19H,8-10H2,1-3H3. The lowest BCUT2D eigenvalue weighted by Crippen LogP contribution is -2.22. The molecular formula is C16H22N2OS. The summed E-state index contributed by atoms with van der Waals surface area (Å²) in [4.78, 5) is 6.89. The van der Waals surface area contributed by atoms with Crippen LogP contribution in [-0.2, 0) is 6.54 Å². The van der Waals surface area contributed by atoms with E-state index in [1.165, 1.54) is 11.1 Å². The van der Waals surface area contributed by atoms with Crippen LogP contribution in [0.4, 0.5) is 0 Å². The fourth-order valence-corrected chi connectivity index (χ4v) is 2.79. The molecule has 0 saturated heterocycles. The molecule has 0 radical (unpaired) electrons. The van der Waals surface area contributed by atoms with Crippen molar-refractivity contribution in [2.45, 2.75) is 32.9 Å². The van der Waals surface area contributed by atoms with Crippen LogP contribution >= 0.6 is 11.3 Å². The molecule has 20 heavy (non-hydrogen) atoms. The minimum atomic E-state index is -0.240. The molecule has 2 aromatic rings. The normalized spacial score (nSPS) is 12.8. The van der Waals surface area contributed by atoms with Crippen LogP contribution in [0.2, 0.25) is 0 Å². The van der Waals surface area contributed by atoms with Gasteiger partial charge in [0, 0.05) is 24.0 Å². The number of hydrogen-bond donors (Lipinski definition) is 1. The molecule has 1 N–H and O–H groups in total. The van der Waals surface area contributed by atoms with E-state index in [0.29, 0.717) is 0 Å². The maximum absolute atomic E-state index is 9.30. The fourth-order valence-electron chi connectivity index (χ4n) is 1.97. The second-order valence-electron chi connectivity index (χ2n) is 5.39. The van der Waals surface area contributed by atoms with Gasteiger partial charge in [-0.1, -0.05) is 29.8 Å². The van der Waals surface area contributed by atoms with Gasteiger partial charge < -0.3 is 10.0 Å². The van der Waals surface area contributed by atoms with Crippen LogP contribution in [0.3, 0.4) is 0 Å². The van der Waals surface area contributed by atoms with Crippen molar-refractivity contribution >= 4 is 11.3 Å². The summed E-state index contributed by atoms with van der Waals surface area (Å²) in [5.74, 6) is 0. The molecule has 4 heteroatoms. The topological polar surface area (TPSA) is 36.4 Å². The predicted octanol–water partition coefficient (Wildman–Crippen LogP) is 3.32. The molecule has 0 aliphatic heterocycles. The van der Waals surface area contributed by atoms with Crippen molar-refractivity contribution in [2.75, 3.05) is 13.6 Å². The van der Waals surface area contributed by atoms with Crippen molar-refractivity contribution in [3.8, 4) is 10.6 Å². The quantitative estimate of drug-likeness (QED) is 0.886. The maximum Gasteiger partial charge on any atom is 0.123 e. The van der Waals surface area contributed by atoms with E-state index in [1.54, 1.807) is 11.3 Å². The number of thiazole rings is 1. The number of aryl methyl sites for hydroxylation is 1. The Labute approximate surface area is 124 Å². The largest absolute Gasteiger partial charge is 0.393 e. The number of rotatable bonds is 6. The minimum absolute atomic E-state index is 0.240. The second-order valence-corrected chi connectivity index (χ2v) is 6.24. The Morgan fingerprint density at radius 3 is 2.65 bits per heavy atom. The van der Waals surface area contributed by atoms with Crippen molar-refractivity contribution in [1.29, 1.82) is 0 Å². The van der Waals surface area contributed by atoms with Crippen molar-refractivity contribution in [3.05, 3.63) is 40.9 Å². The average molecular weight is 290 g/mol. The smallest absolute Gasteiger partial charge is 0.123 e. The van der Waals surface area contributed by atoms with Crippen LogP contribution < -0.4 is 0 Å². The first kappa shape index (κ1) is 15.2. The first-order valence-corrected chi connectivity index (χ1v) is 7.80. The van der Waals surface area contributed by atoms with E-state index in [0.717, 1.165) is 30.2 Å². The molecule has 0 aliphatic rings. The van der Waals surface area contributed by atoms with Gasteiger partial charge in [0.1, 0.15) is 5.01 Å². The van der Waals surface area contributed by atoms with E-state index < -0.39 is 0 Å². The molecule has 1 heterocycles. The van der Waals surface area contributed by atoms with Crippen LogP contribution in [0.25, 0.3) is 10.6 Å². The molecule has 0 saturated carbocycles. The number of hydrogen-bond acceptors (Lipinski definition) is 4. The van der Waals surface area contributed by atoms with Crippen molar-refractivity contribution in [2.24, 2.45) is 0 Å². The molecule has 0 aliphatic carbocycles. The van der Waals surface area contributed by atoms with Gasteiger partial charge in [-0.2, -0.15) is 0 Å². The summed E-state index contributed by atoms with van der Waals surface area (Å²) < 4.78 is 0. The van der Waals surface area contributed by atoms with E-state index in [-0.39, 0.29) is 6.10 Å². The van der Waals surface area contributed by atoms with E-state index >= 15 is 0 Å². The highest BCUT2D eigenvalue weighted by Crippen LogP contribution is 2.24. The summed E-state index contributed by atoms with van der Waals surface area (Å²) in [5, 5.41) is 12.5. The number of aromatic nitrogens is 1. The molecular weight excluding hydrogens is 268 g/mol. The maximum atomic E-state index is 9.30. The molecule has 1 aromatic heterocycles. The average Bonchev–Trinajstić information content (AvgIpc) is 2.85. The summed E-state index contributed by atoms with van der Waals surface area (Å²) >= 11 is 1.69. The highest BCUT2D eigenvalue weighted by atomic mass is 32.1. The Morgan fingerprint density at radius 2 is 2.00 bits per heavy atom. The van der Waals surface area contributed by atoms with Gasteiger partial charge in [-0.15, -0.1) is 11.3 Å². The zero-order valence-electron chi connectivity index (χ0n) is 12.3. The third kappa shape index (κ3) is 4.40. The summed E-state index contributed by atoms with van der Waals surface area (Å²) in [6.45, 7) is 5.63. The molecule has 3 nitrogen and oxygen atoms in total. The lowest BCUT2D eigenvalue weighted by molar-refractivity contribution is 0.162. The van der Waals surface area contributed by atoms with E-state index in [4.69, 9.17) is 4.98 Å². The van der Waals surface area contributed by atoms with E-state index in [2.05, 4.69) is 48.5 Å². The fraction of sp³-hybridized carbons (Fsp3) is 0.438. The Hall–Kier alpha value is -1.23. The summed E-state index contributed by atoms with van der Waals surface area (Å²) in [6.07, 6.45) is 0.557. The zero-order valence-corrected chi connectivity index (χ0v) is 13.2. The van der Waals surface area contributed by atoms with Gasteiger partial charge in [-0.25, -0.2) is 4.98 Å². The van der Waals surface area contributed by atoms with Crippen molar-refractivity contribution in [1.82, 2.24) is 9.88 Å². The number of nitrogens with zero attached hydrogens (tertiary/aromatic N) is 2. The lowest BCUT2D eigenvalue weighted by atomic mass is 10.2. The van der Waals surface area contributed by atoms with Gasteiger partial charge in [0.2, 0.25) is 0 Å². The molecule has 0 bridgehead atoms. The molecule has 0 fully saturated rings. The lowest BCUT2D eigenvalue weighted by Gasteiger charge is -2.15. The molecule has 2 rings (SSSR count). The van der Waals surface area contributed by atoms with Crippen LogP contribution in [0, 0.1) is 6.92 Å². The second kappa shape index (κ2) is 6.97. The van der Waals surface area contributed by atoms with Gasteiger partial charge in [0.05, 0.1) is 11.8 Å². The first-order chi connectivity index (χ1) is 9.54. The van der Waals surface area contributed by atoms with Gasteiger partial charge in [0.15, 0.2) is 0 Å². The Kier molecular flexibility index (Phi) is 5.29. The van der Waals surface area contributed by atoms with Crippen molar-refractivity contribution in [3.63, 3.8) is 0 Å². The van der Waals surface area contributed by atoms with Crippen LogP contribution in [0.5, 0.6) is 0 Å². The van der Waals surface area contributed by atoms with Crippen LogP contribution in [0.15, 0.2) is 29.6 Å². The zero-order chi connectivity index (χ0) is 14.5. The van der Waals surface area contributed by atoms with Crippen molar-refractivity contribution < 1.29 is 5.11 Å². The summed E-state index contributed by atoms with van der Waals surface area (Å²) in [6, 6.07) is 8.47. The predicted molar refractivity (Wildman–Crippen MR) is 84.9 cm³/mol. The highest BCUT2D eigenvalue weighted by Gasteiger charge is 2.08. The Balaban J connectivity index is 1.96. The van der Waals surface area contributed by atoms with E-state index in [9.17, 15) is 5.11 Å². The number of aliphatic hydroxyl groups excluding tert-OH is 1. The SMILES string of the molecule is Cc1ccc(-c2nc(CN(C)CCC(C)O)cs2)cc1. The van der Waals surface area contributed by atoms with Gasteiger partial charge in [0.25, 0.3) is 0 Å². The molecule has 1 unspecified atom stereocenters. The van der Waals surface area contributed by atoms with Gasteiger partial charge >= 0.3 is 0 Å². The first-order valence-electron chi connectivity index (χ1n) is 6.92. The Bertz CT molecular complexity index is 534. The van der Waals surface area contributed by atoms with Gasteiger partial charge in [-0.05, 0) is 27.3 Å². The van der Waals surface area contributed by atoms with Crippen LogP contribution in [0.1, 0.15) is 24.6 Å². The van der Waals surface area contributed by atoms with Crippen LogP contribution in [-0.4, -0.2) is 34.7 Å².